The lowest BCUT2D eigenvalue weighted by Crippen LogP contribution is -1.84. The summed E-state index contributed by atoms with van der Waals surface area (Å²) < 4.78 is 0. The molecule has 84 valence electrons. The Bertz CT molecular complexity index is 273. The molecule has 0 heterocycles. The molecule has 1 rings (SSSR count). The molecular weight excluding hydrogens is 224 g/mol. The highest BCUT2D eigenvalue weighted by Gasteiger charge is 1.95. The molecule has 0 nitrogen and oxygen atoms in total. The monoisotopic (exact) mass is 242 g/mol. The minimum Gasteiger partial charge on any atom is -0.157 e. The van der Waals surface area contributed by atoms with Gasteiger partial charge in [0.25, 0.3) is 0 Å². The van der Waals surface area contributed by atoms with Gasteiger partial charge in [-0.25, -0.2) is 0 Å². The molecule has 0 amide bonds. The summed E-state index contributed by atoms with van der Waals surface area (Å²) in [6.45, 7) is 2.25. The fourth-order valence-electron chi connectivity index (χ4n) is 1.45. The summed E-state index contributed by atoms with van der Waals surface area (Å²) in [7, 11) is 0. The van der Waals surface area contributed by atoms with Gasteiger partial charge >= 0.3 is 0 Å². The van der Waals surface area contributed by atoms with Crippen LogP contribution in [0.15, 0.2) is 24.3 Å². The zero-order chi connectivity index (χ0) is 10.9. The molecule has 0 aromatic heterocycles. The molecule has 1 aromatic carbocycles. The van der Waals surface area contributed by atoms with Gasteiger partial charge in [0.15, 0.2) is 0 Å². The lowest BCUT2D eigenvalue weighted by Gasteiger charge is -2.02. The van der Waals surface area contributed by atoms with E-state index in [-0.39, 0.29) is 0 Å². The SMILES string of the molecule is CCCCCCSCc1cccc(Cl)c1. The first kappa shape index (κ1) is 12.9. The third-order valence-electron chi connectivity index (χ3n) is 2.30. The Balaban J connectivity index is 2.10. The van der Waals surface area contributed by atoms with Gasteiger partial charge in [-0.15, -0.1) is 0 Å². The first-order valence-electron chi connectivity index (χ1n) is 5.65. The van der Waals surface area contributed by atoms with Crippen molar-refractivity contribution in [2.75, 3.05) is 5.75 Å². The van der Waals surface area contributed by atoms with Gasteiger partial charge in [0.1, 0.15) is 0 Å². The van der Waals surface area contributed by atoms with Crippen LogP contribution in [0.4, 0.5) is 0 Å². The van der Waals surface area contributed by atoms with E-state index in [1.807, 2.05) is 23.9 Å². The quantitative estimate of drug-likeness (QED) is 0.596. The Kier molecular flexibility index (Phi) is 6.95. The number of hydrogen-bond acceptors (Lipinski definition) is 1. The van der Waals surface area contributed by atoms with E-state index in [4.69, 9.17) is 11.6 Å². The van der Waals surface area contributed by atoms with E-state index in [0.717, 1.165) is 10.8 Å². The van der Waals surface area contributed by atoms with Crippen molar-refractivity contribution in [2.45, 2.75) is 38.4 Å². The van der Waals surface area contributed by atoms with Gasteiger partial charge in [0.2, 0.25) is 0 Å². The second-order valence-electron chi connectivity index (χ2n) is 3.74. The Morgan fingerprint density at radius 1 is 1.20 bits per heavy atom. The van der Waals surface area contributed by atoms with Crippen molar-refractivity contribution >= 4 is 23.4 Å². The maximum atomic E-state index is 5.92. The molecule has 0 N–H and O–H groups in total. The predicted octanol–water partition coefficient (Wildman–Crippen LogP) is 5.15. The molecule has 0 atom stereocenters. The second kappa shape index (κ2) is 8.06. The summed E-state index contributed by atoms with van der Waals surface area (Å²) >= 11 is 7.92. The first-order chi connectivity index (χ1) is 7.33. The van der Waals surface area contributed by atoms with E-state index >= 15 is 0 Å². The molecule has 0 aliphatic carbocycles. The maximum Gasteiger partial charge on any atom is 0.0409 e. The van der Waals surface area contributed by atoms with E-state index < -0.39 is 0 Å². The maximum absolute atomic E-state index is 5.92. The summed E-state index contributed by atoms with van der Waals surface area (Å²) in [6, 6.07) is 8.15. The number of hydrogen-bond donors (Lipinski definition) is 0. The highest BCUT2D eigenvalue weighted by molar-refractivity contribution is 7.98. The van der Waals surface area contributed by atoms with Crippen LogP contribution in [-0.4, -0.2) is 5.75 Å². The van der Waals surface area contributed by atoms with Crippen molar-refractivity contribution in [3.63, 3.8) is 0 Å². The lowest BCUT2D eigenvalue weighted by molar-refractivity contribution is 0.706. The third kappa shape index (κ3) is 6.11. The molecule has 0 radical (unpaired) electrons. The summed E-state index contributed by atoms with van der Waals surface area (Å²) in [5, 5.41) is 0.846. The topological polar surface area (TPSA) is 0 Å². The fraction of sp³-hybridized carbons (Fsp3) is 0.538. The standard InChI is InChI=1S/C13H19ClS/c1-2-3-4-5-9-15-11-12-7-6-8-13(14)10-12/h6-8,10H,2-5,9,11H2,1H3. The third-order valence-corrected chi connectivity index (χ3v) is 3.65. The van der Waals surface area contributed by atoms with Crippen molar-refractivity contribution in [1.82, 2.24) is 0 Å². The predicted molar refractivity (Wildman–Crippen MR) is 71.8 cm³/mol. The molecule has 0 bridgehead atoms. The highest BCUT2D eigenvalue weighted by Crippen LogP contribution is 2.17. The number of thioether (sulfide) groups is 1. The van der Waals surface area contributed by atoms with Crippen LogP contribution in [0.5, 0.6) is 0 Å². The van der Waals surface area contributed by atoms with Crippen LogP contribution in [0.3, 0.4) is 0 Å². The van der Waals surface area contributed by atoms with Crippen molar-refractivity contribution in [3.8, 4) is 0 Å². The molecule has 0 aliphatic rings. The van der Waals surface area contributed by atoms with E-state index in [9.17, 15) is 0 Å². The van der Waals surface area contributed by atoms with Gasteiger partial charge < -0.3 is 0 Å². The van der Waals surface area contributed by atoms with Crippen LogP contribution in [0.2, 0.25) is 5.02 Å². The zero-order valence-electron chi connectivity index (χ0n) is 9.34. The fourth-order valence-corrected chi connectivity index (χ4v) is 2.63. The van der Waals surface area contributed by atoms with Crippen LogP contribution in [0, 0.1) is 0 Å². The molecule has 15 heavy (non-hydrogen) atoms. The molecule has 0 saturated heterocycles. The average molecular weight is 243 g/mol. The highest BCUT2D eigenvalue weighted by atomic mass is 35.5. The lowest BCUT2D eigenvalue weighted by atomic mass is 10.2. The van der Waals surface area contributed by atoms with E-state index in [0.29, 0.717) is 0 Å². The minimum absolute atomic E-state index is 0.846. The second-order valence-corrected chi connectivity index (χ2v) is 5.28. The molecule has 0 saturated carbocycles. The van der Waals surface area contributed by atoms with Gasteiger partial charge in [-0.2, -0.15) is 11.8 Å². The van der Waals surface area contributed by atoms with Gasteiger partial charge in [-0.05, 0) is 29.9 Å². The van der Waals surface area contributed by atoms with E-state index in [1.54, 1.807) is 0 Å². The normalized spacial score (nSPS) is 10.5. The molecular formula is C13H19ClS. The smallest absolute Gasteiger partial charge is 0.0409 e. The largest absolute Gasteiger partial charge is 0.157 e. The molecule has 0 unspecified atom stereocenters. The van der Waals surface area contributed by atoms with Crippen molar-refractivity contribution in [1.29, 1.82) is 0 Å². The Hall–Kier alpha value is -0.140. The number of halogens is 1. The molecule has 0 aliphatic heterocycles. The van der Waals surface area contributed by atoms with E-state index in [1.165, 1.54) is 37.0 Å². The number of benzene rings is 1. The van der Waals surface area contributed by atoms with Crippen LogP contribution in [0.25, 0.3) is 0 Å². The van der Waals surface area contributed by atoms with Gasteiger partial charge in [-0.1, -0.05) is 49.9 Å². The number of unbranched alkanes of at least 4 members (excludes halogenated alkanes) is 3. The average Bonchev–Trinajstić information content (AvgIpc) is 2.23. The van der Waals surface area contributed by atoms with Crippen LogP contribution < -0.4 is 0 Å². The first-order valence-corrected chi connectivity index (χ1v) is 7.18. The number of rotatable bonds is 7. The molecule has 0 spiro atoms. The van der Waals surface area contributed by atoms with E-state index in [2.05, 4.69) is 19.1 Å². The van der Waals surface area contributed by atoms with Crippen molar-refractivity contribution < 1.29 is 0 Å². The summed E-state index contributed by atoms with van der Waals surface area (Å²) in [6.07, 6.45) is 5.41. The van der Waals surface area contributed by atoms with Gasteiger partial charge in [0.05, 0.1) is 0 Å². The Morgan fingerprint density at radius 3 is 2.80 bits per heavy atom. The zero-order valence-corrected chi connectivity index (χ0v) is 10.9. The van der Waals surface area contributed by atoms with Crippen LogP contribution in [0.1, 0.15) is 38.2 Å². The van der Waals surface area contributed by atoms with Gasteiger partial charge in [-0.3, -0.25) is 0 Å². The summed E-state index contributed by atoms with van der Waals surface area (Å²) in [5.41, 5.74) is 1.34. The molecule has 0 fully saturated rings. The Labute approximate surface area is 102 Å². The molecule has 1 aromatic rings. The summed E-state index contributed by atoms with van der Waals surface area (Å²) in [5.74, 6) is 2.36. The summed E-state index contributed by atoms with van der Waals surface area (Å²) in [4.78, 5) is 0. The minimum atomic E-state index is 0.846. The van der Waals surface area contributed by atoms with Crippen LogP contribution in [-0.2, 0) is 5.75 Å². The molecule has 2 heteroatoms. The Morgan fingerprint density at radius 2 is 2.07 bits per heavy atom. The van der Waals surface area contributed by atoms with Crippen LogP contribution >= 0.6 is 23.4 Å². The van der Waals surface area contributed by atoms with Gasteiger partial charge in [0, 0.05) is 10.8 Å². The van der Waals surface area contributed by atoms with Crippen molar-refractivity contribution in [3.05, 3.63) is 34.9 Å². The van der Waals surface area contributed by atoms with Crippen molar-refractivity contribution in [2.24, 2.45) is 0 Å².